The number of hydrogen-bond donors (Lipinski definition) is 1. The Morgan fingerprint density at radius 1 is 1.00 bits per heavy atom. The van der Waals surface area contributed by atoms with Gasteiger partial charge in [0, 0.05) is 12.8 Å². The molecule has 1 unspecified atom stereocenters. The number of rotatable bonds is 7. The van der Waals surface area contributed by atoms with Gasteiger partial charge < -0.3 is 4.98 Å². The van der Waals surface area contributed by atoms with Crippen LogP contribution in [-0.4, -0.2) is 22.9 Å². The third-order valence-corrected chi connectivity index (χ3v) is 6.57. The van der Waals surface area contributed by atoms with E-state index >= 15 is 0 Å². The van der Waals surface area contributed by atoms with Crippen LogP contribution < -0.4 is 4.48 Å². The highest BCUT2D eigenvalue weighted by molar-refractivity contribution is 5.76. The minimum absolute atomic E-state index is 0.649. The molecule has 4 rings (SSSR count). The Morgan fingerprint density at radius 3 is 2.44 bits per heavy atom. The standard InChI is InChI=1S/C21H32N4/c1-2-6-19(7-3-1)12-14-25(15-13-22-17-25)21-16-23-20(24-21)11-10-18-8-4-5-9-18/h15-19H,1-12,14H2,(H,23,24)/q+1. The number of H-pyrrole nitrogens is 1. The van der Waals surface area contributed by atoms with Crippen LogP contribution in [0.4, 0.5) is 5.82 Å². The summed E-state index contributed by atoms with van der Waals surface area (Å²) in [5.74, 6) is 4.04. The number of nitrogens with one attached hydrogen (secondary N) is 1. The van der Waals surface area contributed by atoms with Crippen LogP contribution in [0.5, 0.6) is 0 Å². The third-order valence-electron chi connectivity index (χ3n) is 6.57. The lowest BCUT2D eigenvalue weighted by atomic mass is 9.87. The SMILES string of the molecule is [C]1=C[N+](CCC2CCCCC2)(c2c[nH]c(CCC3CCCC3)n2)C=N1. The van der Waals surface area contributed by atoms with Gasteiger partial charge in [0.05, 0.1) is 12.7 Å². The highest BCUT2D eigenvalue weighted by atomic mass is 15.4. The largest absolute Gasteiger partial charge is 0.343 e. The van der Waals surface area contributed by atoms with Crippen LogP contribution in [0.1, 0.15) is 76.5 Å². The van der Waals surface area contributed by atoms with Gasteiger partial charge in [-0.05, 0) is 18.3 Å². The molecule has 0 aromatic carbocycles. The molecule has 2 aliphatic carbocycles. The molecule has 1 N–H and O–H groups in total. The Labute approximate surface area is 152 Å². The maximum absolute atomic E-state index is 4.94. The van der Waals surface area contributed by atoms with Crippen molar-refractivity contribution in [1.82, 2.24) is 14.5 Å². The minimum Gasteiger partial charge on any atom is -0.343 e. The predicted octanol–water partition coefficient (Wildman–Crippen LogP) is 5.13. The number of quaternary nitrogens is 1. The number of imidazole rings is 1. The lowest BCUT2D eigenvalue weighted by Crippen LogP contribution is -2.42. The Hall–Kier alpha value is -1.42. The van der Waals surface area contributed by atoms with Crippen molar-refractivity contribution < 1.29 is 0 Å². The van der Waals surface area contributed by atoms with E-state index in [0.717, 1.165) is 36.4 Å². The van der Waals surface area contributed by atoms with Crippen LogP contribution in [0.2, 0.25) is 0 Å². The minimum atomic E-state index is 0.649. The molecule has 0 saturated heterocycles. The molecule has 4 nitrogen and oxygen atoms in total. The van der Waals surface area contributed by atoms with Crippen molar-refractivity contribution in [2.75, 3.05) is 6.54 Å². The van der Waals surface area contributed by atoms with Crippen LogP contribution in [0, 0.1) is 18.0 Å². The van der Waals surface area contributed by atoms with E-state index in [2.05, 4.69) is 28.6 Å². The summed E-state index contributed by atoms with van der Waals surface area (Å²) >= 11 is 0. The lowest BCUT2D eigenvalue weighted by Gasteiger charge is -2.28. The van der Waals surface area contributed by atoms with Crippen molar-refractivity contribution in [2.24, 2.45) is 16.8 Å². The van der Waals surface area contributed by atoms with Crippen LogP contribution in [0.15, 0.2) is 17.4 Å². The van der Waals surface area contributed by atoms with Crippen LogP contribution in [-0.2, 0) is 6.42 Å². The first-order valence-corrected chi connectivity index (χ1v) is 10.4. The summed E-state index contributed by atoms with van der Waals surface area (Å²) < 4.78 is 0.649. The third kappa shape index (κ3) is 4.05. The molecular formula is C21H32N4+. The molecule has 1 atom stereocenters. The second-order valence-electron chi connectivity index (χ2n) is 8.34. The summed E-state index contributed by atoms with van der Waals surface area (Å²) in [6.07, 6.45) is 25.6. The molecule has 2 fully saturated rings. The van der Waals surface area contributed by atoms with Crippen molar-refractivity contribution in [3.05, 3.63) is 24.4 Å². The maximum atomic E-state index is 4.94. The van der Waals surface area contributed by atoms with E-state index < -0.39 is 0 Å². The van der Waals surface area contributed by atoms with E-state index in [-0.39, 0.29) is 0 Å². The zero-order chi connectivity index (χ0) is 17.0. The normalized spacial score (nSPS) is 27.5. The number of aryl methyl sites for hydroxylation is 1. The summed E-state index contributed by atoms with van der Waals surface area (Å²) in [6, 6.07) is 0. The predicted molar refractivity (Wildman–Crippen MR) is 103 cm³/mol. The smallest absolute Gasteiger partial charge is 0.256 e. The van der Waals surface area contributed by atoms with Crippen LogP contribution >= 0.6 is 0 Å². The second kappa shape index (κ2) is 7.86. The topological polar surface area (TPSA) is 41.0 Å². The fourth-order valence-corrected chi connectivity index (χ4v) is 4.87. The van der Waals surface area contributed by atoms with Crippen molar-refractivity contribution in [3.63, 3.8) is 0 Å². The second-order valence-corrected chi connectivity index (χ2v) is 8.34. The molecule has 1 radical (unpaired) electrons. The van der Waals surface area contributed by atoms with Gasteiger partial charge >= 0.3 is 0 Å². The zero-order valence-corrected chi connectivity index (χ0v) is 15.4. The van der Waals surface area contributed by atoms with E-state index in [1.807, 2.05) is 6.34 Å². The van der Waals surface area contributed by atoms with E-state index in [1.54, 1.807) is 0 Å². The van der Waals surface area contributed by atoms with Crippen molar-refractivity contribution >= 4 is 12.2 Å². The molecule has 1 aromatic rings. The van der Waals surface area contributed by atoms with Gasteiger partial charge in [-0.1, -0.05) is 57.8 Å². The van der Waals surface area contributed by atoms with Gasteiger partial charge in [-0.3, -0.25) is 0 Å². The van der Waals surface area contributed by atoms with Gasteiger partial charge in [0.15, 0.2) is 6.20 Å². The molecule has 135 valence electrons. The molecule has 3 aliphatic rings. The van der Waals surface area contributed by atoms with E-state index in [4.69, 9.17) is 4.98 Å². The van der Waals surface area contributed by atoms with Gasteiger partial charge in [0.25, 0.3) is 5.82 Å². The molecule has 25 heavy (non-hydrogen) atoms. The highest BCUT2D eigenvalue weighted by Crippen LogP contribution is 2.31. The van der Waals surface area contributed by atoms with E-state index in [0.29, 0.717) is 4.48 Å². The number of aliphatic imine (C=N–C) groups is 1. The van der Waals surface area contributed by atoms with Gasteiger partial charge in [-0.25, -0.2) is 4.48 Å². The van der Waals surface area contributed by atoms with Crippen molar-refractivity contribution in [1.29, 1.82) is 0 Å². The maximum Gasteiger partial charge on any atom is 0.256 e. The van der Waals surface area contributed by atoms with E-state index in [1.165, 1.54) is 70.6 Å². The molecule has 4 heteroatoms. The molecule has 0 amide bonds. The first-order valence-electron chi connectivity index (χ1n) is 10.4. The monoisotopic (exact) mass is 340 g/mol. The Balaban J connectivity index is 1.38. The Morgan fingerprint density at radius 2 is 1.72 bits per heavy atom. The number of aromatic amines is 1. The zero-order valence-electron chi connectivity index (χ0n) is 15.4. The Kier molecular flexibility index (Phi) is 5.35. The fourth-order valence-electron chi connectivity index (χ4n) is 4.87. The summed E-state index contributed by atoms with van der Waals surface area (Å²) in [7, 11) is 0. The van der Waals surface area contributed by atoms with Gasteiger partial charge in [0.1, 0.15) is 12.0 Å². The first-order chi connectivity index (χ1) is 12.3. The lowest BCUT2D eigenvalue weighted by molar-refractivity contribution is 0.319. The molecule has 1 aromatic heterocycles. The summed E-state index contributed by atoms with van der Waals surface area (Å²) in [5.41, 5.74) is 0. The highest BCUT2D eigenvalue weighted by Gasteiger charge is 2.33. The average Bonchev–Trinajstić information content (AvgIpc) is 3.41. The van der Waals surface area contributed by atoms with Crippen molar-refractivity contribution in [2.45, 2.75) is 77.0 Å². The van der Waals surface area contributed by atoms with Crippen molar-refractivity contribution in [3.8, 4) is 0 Å². The quantitative estimate of drug-likeness (QED) is 0.687. The average molecular weight is 341 g/mol. The summed E-state index contributed by atoms with van der Waals surface area (Å²) in [4.78, 5) is 12.7. The fraction of sp³-hybridized carbons (Fsp3) is 0.714. The molecule has 2 heterocycles. The summed E-state index contributed by atoms with van der Waals surface area (Å²) in [6.45, 7) is 1.06. The first kappa shape index (κ1) is 17.0. The number of aromatic nitrogens is 2. The van der Waals surface area contributed by atoms with E-state index in [9.17, 15) is 0 Å². The Bertz CT molecular complexity index is 591. The van der Waals surface area contributed by atoms with Crippen LogP contribution in [0.3, 0.4) is 0 Å². The molecule has 2 saturated carbocycles. The van der Waals surface area contributed by atoms with Gasteiger partial charge in [-0.15, -0.1) is 0 Å². The van der Waals surface area contributed by atoms with Crippen LogP contribution in [0.25, 0.3) is 0 Å². The molecular weight excluding hydrogens is 308 g/mol. The molecule has 1 aliphatic heterocycles. The van der Waals surface area contributed by atoms with Gasteiger partial charge in [0.2, 0.25) is 6.34 Å². The summed E-state index contributed by atoms with van der Waals surface area (Å²) in [5, 5.41) is 0. The number of hydrogen-bond acceptors (Lipinski definition) is 2. The number of nitrogens with zero attached hydrogens (tertiary/aromatic N) is 3. The molecule has 0 spiro atoms. The molecule has 0 bridgehead atoms. The van der Waals surface area contributed by atoms with Gasteiger partial charge in [-0.2, -0.15) is 9.98 Å².